The van der Waals surface area contributed by atoms with Crippen molar-refractivity contribution in [1.82, 2.24) is 0 Å². The molecule has 0 saturated carbocycles. The predicted octanol–water partition coefficient (Wildman–Crippen LogP) is 0.923. The molecule has 1 unspecified atom stereocenters. The number of hydrogen-bond donors (Lipinski definition) is 4. The maximum absolute atomic E-state index is 10.9. The van der Waals surface area contributed by atoms with Crippen LogP contribution in [0.3, 0.4) is 0 Å². The largest absolute Gasteiger partial charge is 0.504 e. The number of benzene rings is 1. The summed E-state index contributed by atoms with van der Waals surface area (Å²) in [6.07, 6.45) is 0.146. The van der Waals surface area contributed by atoms with Gasteiger partial charge in [-0.05, 0) is 12.5 Å². The summed E-state index contributed by atoms with van der Waals surface area (Å²) >= 11 is 0. The monoisotopic (exact) mass is 276 g/mol. The van der Waals surface area contributed by atoms with E-state index in [1.165, 1.54) is 0 Å². The number of aliphatic carboxylic acids is 1. The molecular formula is C10H12O7S. The molecule has 0 saturated heterocycles. The fraction of sp³-hybridized carbons (Fsp3) is 0.300. The van der Waals surface area contributed by atoms with Crippen molar-refractivity contribution in [2.24, 2.45) is 0 Å². The molecule has 100 valence electrons. The second-order valence-electron chi connectivity index (χ2n) is 3.62. The standard InChI is InChI=1S/C10H12O7S/c1-2-5(10(13)14)6-3-4-7(18(15,16)17)9(12)8(6)11/h3-5,11-12H,2H2,1H3,(H,13,14)(H,15,16,17). The summed E-state index contributed by atoms with van der Waals surface area (Å²) in [6.45, 7) is 1.56. The first-order chi connectivity index (χ1) is 8.20. The van der Waals surface area contributed by atoms with Crippen LogP contribution in [0, 0.1) is 0 Å². The van der Waals surface area contributed by atoms with Crippen LogP contribution in [0.15, 0.2) is 17.0 Å². The lowest BCUT2D eigenvalue weighted by Gasteiger charge is -2.14. The van der Waals surface area contributed by atoms with Gasteiger partial charge in [0.1, 0.15) is 4.90 Å². The molecule has 0 spiro atoms. The molecule has 7 nitrogen and oxygen atoms in total. The molecular weight excluding hydrogens is 264 g/mol. The van der Waals surface area contributed by atoms with Gasteiger partial charge in [0, 0.05) is 5.56 Å². The number of carboxylic acid groups (broad SMARTS) is 1. The van der Waals surface area contributed by atoms with Gasteiger partial charge in [0.2, 0.25) is 0 Å². The van der Waals surface area contributed by atoms with Gasteiger partial charge in [0.15, 0.2) is 11.5 Å². The van der Waals surface area contributed by atoms with Crippen molar-refractivity contribution in [3.8, 4) is 11.5 Å². The zero-order chi connectivity index (χ0) is 14.1. The van der Waals surface area contributed by atoms with Crippen molar-refractivity contribution in [2.75, 3.05) is 0 Å². The third-order valence-corrected chi connectivity index (χ3v) is 3.39. The zero-order valence-electron chi connectivity index (χ0n) is 9.36. The molecule has 1 aromatic carbocycles. The van der Waals surface area contributed by atoms with Gasteiger partial charge in [0.05, 0.1) is 5.92 Å². The highest BCUT2D eigenvalue weighted by molar-refractivity contribution is 7.86. The molecule has 1 atom stereocenters. The topological polar surface area (TPSA) is 132 Å². The van der Waals surface area contributed by atoms with E-state index in [2.05, 4.69) is 0 Å². The van der Waals surface area contributed by atoms with Gasteiger partial charge < -0.3 is 15.3 Å². The summed E-state index contributed by atoms with van der Waals surface area (Å²) < 4.78 is 30.5. The summed E-state index contributed by atoms with van der Waals surface area (Å²) in [6, 6.07) is 1.88. The Labute approximate surface area is 103 Å². The van der Waals surface area contributed by atoms with E-state index in [0.717, 1.165) is 12.1 Å². The molecule has 4 N–H and O–H groups in total. The molecule has 0 aliphatic heterocycles. The fourth-order valence-electron chi connectivity index (χ4n) is 1.59. The van der Waals surface area contributed by atoms with Gasteiger partial charge in [-0.15, -0.1) is 0 Å². The summed E-state index contributed by atoms with van der Waals surface area (Å²) in [5.41, 5.74) is -0.116. The number of aromatic hydroxyl groups is 2. The Kier molecular flexibility index (Phi) is 3.82. The molecule has 0 aliphatic carbocycles. The van der Waals surface area contributed by atoms with E-state index in [1.54, 1.807) is 6.92 Å². The van der Waals surface area contributed by atoms with E-state index in [4.69, 9.17) is 9.66 Å². The molecule has 0 fully saturated rings. The normalized spacial score (nSPS) is 13.2. The average molecular weight is 276 g/mol. The Morgan fingerprint density at radius 2 is 1.83 bits per heavy atom. The lowest BCUT2D eigenvalue weighted by Crippen LogP contribution is -2.11. The molecule has 0 radical (unpaired) electrons. The van der Waals surface area contributed by atoms with E-state index in [9.17, 15) is 23.4 Å². The molecule has 0 heterocycles. The number of rotatable bonds is 4. The smallest absolute Gasteiger partial charge is 0.311 e. The first-order valence-electron chi connectivity index (χ1n) is 4.95. The Bertz CT molecular complexity index is 576. The van der Waals surface area contributed by atoms with Crippen molar-refractivity contribution in [2.45, 2.75) is 24.2 Å². The van der Waals surface area contributed by atoms with Crippen LogP contribution in [-0.4, -0.2) is 34.3 Å². The van der Waals surface area contributed by atoms with E-state index >= 15 is 0 Å². The fourth-order valence-corrected chi connectivity index (χ4v) is 2.17. The lowest BCUT2D eigenvalue weighted by atomic mass is 9.95. The van der Waals surface area contributed by atoms with Gasteiger partial charge in [-0.1, -0.05) is 13.0 Å². The number of carboxylic acids is 1. The number of carbonyl (C=O) groups is 1. The van der Waals surface area contributed by atoms with Crippen LogP contribution in [0.2, 0.25) is 0 Å². The second kappa shape index (κ2) is 4.83. The van der Waals surface area contributed by atoms with Crippen molar-refractivity contribution < 1.29 is 33.1 Å². The minimum Gasteiger partial charge on any atom is -0.504 e. The lowest BCUT2D eigenvalue weighted by molar-refractivity contribution is -0.138. The Balaban J connectivity index is 3.46. The highest BCUT2D eigenvalue weighted by Crippen LogP contribution is 2.39. The van der Waals surface area contributed by atoms with Crippen LogP contribution in [0.5, 0.6) is 11.5 Å². The first-order valence-corrected chi connectivity index (χ1v) is 6.39. The third kappa shape index (κ3) is 2.54. The Hall–Kier alpha value is -1.80. The van der Waals surface area contributed by atoms with Crippen molar-refractivity contribution in [1.29, 1.82) is 0 Å². The molecule has 1 rings (SSSR count). The highest BCUT2D eigenvalue weighted by atomic mass is 32.2. The summed E-state index contributed by atoms with van der Waals surface area (Å²) in [5.74, 6) is -4.22. The van der Waals surface area contributed by atoms with Crippen molar-refractivity contribution in [3.63, 3.8) is 0 Å². The maximum Gasteiger partial charge on any atom is 0.311 e. The van der Waals surface area contributed by atoms with E-state index in [0.29, 0.717) is 0 Å². The van der Waals surface area contributed by atoms with E-state index in [1.807, 2.05) is 0 Å². The summed E-state index contributed by atoms with van der Waals surface area (Å²) in [5, 5.41) is 28.0. The second-order valence-corrected chi connectivity index (χ2v) is 5.01. The summed E-state index contributed by atoms with van der Waals surface area (Å²) in [4.78, 5) is 10.0. The highest BCUT2D eigenvalue weighted by Gasteiger charge is 2.26. The molecule has 0 bridgehead atoms. The van der Waals surface area contributed by atoms with Crippen LogP contribution in [0.25, 0.3) is 0 Å². The molecule has 18 heavy (non-hydrogen) atoms. The Morgan fingerprint density at radius 3 is 2.22 bits per heavy atom. The Morgan fingerprint density at radius 1 is 1.28 bits per heavy atom. The SMILES string of the molecule is CCC(C(=O)O)c1ccc(S(=O)(=O)O)c(O)c1O. The number of hydrogen-bond acceptors (Lipinski definition) is 5. The van der Waals surface area contributed by atoms with Crippen LogP contribution < -0.4 is 0 Å². The molecule has 1 aromatic rings. The van der Waals surface area contributed by atoms with Crippen LogP contribution in [0.1, 0.15) is 24.8 Å². The first kappa shape index (κ1) is 14.3. The maximum atomic E-state index is 10.9. The minimum atomic E-state index is -4.68. The molecule has 0 amide bonds. The molecule has 8 heteroatoms. The zero-order valence-corrected chi connectivity index (χ0v) is 10.2. The van der Waals surface area contributed by atoms with E-state index in [-0.39, 0.29) is 12.0 Å². The van der Waals surface area contributed by atoms with E-state index < -0.39 is 38.4 Å². The van der Waals surface area contributed by atoms with Gasteiger partial charge in [-0.3, -0.25) is 9.35 Å². The molecule has 0 aliphatic rings. The summed E-state index contributed by atoms with van der Waals surface area (Å²) in [7, 11) is -4.68. The van der Waals surface area contributed by atoms with Crippen molar-refractivity contribution in [3.05, 3.63) is 17.7 Å². The van der Waals surface area contributed by atoms with Crippen LogP contribution in [-0.2, 0) is 14.9 Å². The van der Waals surface area contributed by atoms with Crippen molar-refractivity contribution >= 4 is 16.1 Å². The van der Waals surface area contributed by atoms with Crippen LogP contribution >= 0.6 is 0 Å². The van der Waals surface area contributed by atoms with Gasteiger partial charge in [0.25, 0.3) is 10.1 Å². The van der Waals surface area contributed by atoms with Gasteiger partial charge in [-0.2, -0.15) is 8.42 Å². The van der Waals surface area contributed by atoms with Gasteiger partial charge >= 0.3 is 5.97 Å². The van der Waals surface area contributed by atoms with Gasteiger partial charge in [-0.25, -0.2) is 0 Å². The average Bonchev–Trinajstić information content (AvgIpc) is 2.23. The number of phenolic OH excluding ortho intramolecular Hbond substituents is 2. The third-order valence-electron chi connectivity index (χ3n) is 2.51. The van der Waals surface area contributed by atoms with Crippen LogP contribution in [0.4, 0.5) is 0 Å². The quantitative estimate of drug-likeness (QED) is 0.475. The predicted molar refractivity (Wildman–Crippen MR) is 60.3 cm³/mol. The molecule has 0 aromatic heterocycles. The minimum absolute atomic E-state index is 0.116. The number of phenols is 2.